The molecule has 0 spiro atoms. The molecule has 0 saturated heterocycles. The molecule has 1 aromatic carbocycles. The van der Waals surface area contributed by atoms with E-state index >= 15 is 0 Å². The molecule has 0 aliphatic heterocycles. The fourth-order valence-electron chi connectivity index (χ4n) is 2.09. The van der Waals surface area contributed by atoms with Gasteiger partial charge in [0.15, 0.2) is 0 Å². The van der Waals surface area contributed by atoms with Gasteiger partial charge < -0.3 is 5.11 Å². The van der Waals surface area contributed by atoms with E-state index in [2.05, 4.69) is 45.1 Å². The maximum Gasteiger partial charge on any atom is 0.0691 e. The van der Waals surface area contributed by atoms with E-state index in [-0.39, 0.29) is 17.4 Å². The molecule has 0 radical (unpaired) electrons. The Labute approximate surface area is 91.4 Å². The summed E-state index contributed by atoms with van der Waals surface area (Å²) in [7, 11) is 0. The summed E-state index contributed by atoms with van der Waals surface area (Å²) >= 11 is 0. The molecule has 0 amide bonds. The van der Waals surface area contributed by atoms with E-state index in [4.69, 9.17) is 0 Å². The second kappa shape index (κ2) is 3.49. The standard InChI is InChI=1S/C14H18O/c1-14(2,3)13(15)12-9-8-10-6-4-5-7-11(10)12/h4-9,12-13,15H,1-3H3/t12-,13+/m1/s1. The van der Waals surface area contributed by atoms with Crippen LogP contribution in [-0.4, -0.2) is 11.2 Å². The molecule has 0 aromatic heterocycles. The molecule has 0 unspecified atom stereocenters. The van der Waals surface area contributed by atoms with Crippen molar-refractivity contribution in [1.82, 2.24) is 0 Å². The first-order valence-electron chi connectivity index (χ1n) is 5.45. The number of aliphatic hydroxyl groups excluding tert-OH is 1. The van der Waals surface area contributed by atoms with Crippen molar-refractivity contribution in [1.29, 1.82) is 0 Å². The minimum Gasteiger partial charge on any atom is -0.392 e. The highest BCUT2D eigenvalue weighted by molar-refractivity contribution is 5.62. The molecule has 0 bridgehead atoms. The van der Waals surface area contributed by atoms with Crippen LogP contribution in [0.5, 0.6) is 0 Å². The molecule has 1 aromatic rings. The Morgan fingerprint density at radius 3 is 2.53 bits per heavy atom. The van der Waals surface area contributed by atoms with Crippen molar-refractivity contribution in [3.63, 3.8) is 0 Å². The number of benzene rings is 1. The van der Waals surface area contributed by atoms with E-state index in [0.717, 1.165) is 0 Å². The normalized spacial score (nSPS) is 21.5. The highest BCUT2D eigenvalue weighted by Gasteiger charge is 2.32. The van der Waals surface area contributed by atoms with Gasteiger partial charge in [0, 0.05) is 5.92 Å². The smallest absolute Gasteiger partial charge is 0.0691 e. The predicted octanol–water partition coefficient (Wildman–Crippen LogP) is 3.20. The molecule has 1 N–H and O–H groups in total. The molecule has 1 aliphatic carbocycles. The Hall–Kier alpha value is -1.08. The van der Waals surface area contributed by atoms with E-state index in [9.17, 15) is 5.11 Å². The van der Waals surface area contributed by atoms with Gasteiger partial charge in [-0.1, -0.05) is 57.2 Å². The first-order valence-corrected chi connectivity index (χ1v) is 5.45. The average molecular weight is 202 g/mol. The van der Waals surface area contributed by atoms with Crippen LogP contribution in [0.2, 0.25) is 0 Å². The van der Waals surface area contributed by atoms with Crippen molar-refractivity contribution in [2.24, 2.45) is 5.41 Å². The van der Waals surface area contributed by atoms with Gasteiger partial charge in [-0.2, -0.15) is 0 Å². The topological polar surface area (TPSA) is 20.2 Å². The zero-order valence-corrected chi connectivity index (χ0v) is 9.57. The molecule has 15 heavy (non-hydrogen) atoms. The third-order valence-corrected chi connectivity index (χ3v) is 3.07. The Balaban J connectivity index is 2.32. The van der Waals surface area contributed by atoms with E-state index in [1.807, 2.05) is 12.1 Å². The van der Waals surface area contributed by atoms with Crippen molar-refractivity contribution >= 4 is 6.08 Å². The molecule has 0 saturated carbocycles. The highest BCUT2D eigenvalue weighted by Crippen LogP contribution is 2.38. The van der Waals surface area contributed by atoms with Crippen LogP contribution in [0.4, 0.5) is 0 Å². The molecule has 2 rings (SSSR count). The summed E-state index contributed by atoms with van der Waals surface area (Å²) < 4.78 is 0. The number of fused-ring (bicyclic) bond motifs is 1. The number of hydrogen-bond donors (Lipinski definition) is 1. The Morgan fingerprint density at radius 1 is 1.20 bits per heavy atom. The van der Waals surface area contributed by atoms with E-state index in [1.165, 1.54) is 11.1 Å². The van der Waals surface area contributed by atoms with E-state index in [1.54, 1.807) is 0 Å². The van der Waals surface area contributed by atoms with Gasteiger partial charge in [0.05, 0.1) is 6.10 Å². The van der Waals surface area contributed by atoms with Crippen molar-refractivity contribution < 1.29 is 5.11 Å². The molecule has 80 valence electrons. The van der Waals surface area contributed by atoms with E-state index < -0.39 is 0 Å². The van der Waals surface area contributed by atoms with Crippen LogP contribution in [0, 0.1) is 5.41 Å². The Morgan fingerprint density at radius 2 is 1.87 bits per heavy atom. The van der Waals surface area contributed by atoms with Crippen LogP contribution in [-0.2, 0) is 0 Å². The summed E-state index contributed by atoms with van der Waals surface area (Å²) in [5.41, 5.74) is 2.41. The summed E-state index contributed by atoms with van der Waals surface area (Å²) in [6.45, 7) is 6.23. The molecule has 1 aliphatic rings. The molecular weight excluding hydrogens is 184 g/mol. The fraction of sp³-hybridized carbons (Fsp3) is 0.429. The summed E-state index contributed by atoms with van der Waals surface area (Å²) in [5.74, 6) is 0.154. The predicted molar refractivity (Wildman–Crippen MR) is 63.7 cm³/mol. The van der Waals surface area contributed by atoms with Gasteiger partial charge in [-0.3, -0.25) is 0 Å². The largest absolute Gasteiger partial charge is 0.392 e. The Kier molecular flexibility index (Phi) is 2.43. The maximum absolute atomic E-state index is 10.3. The monoisotopic (exact) mass is 202 g/mol. The number of hydrogen-bond acceptors (Lipinski definition) is 1. The van der Waals surface area contributed by atoms with Gasteiger partial charge in [0.2, 0.25) is 0 Å². The van der Waals surface area contributed by atoms with Gasteiger partial charge in [0.25, 0.3) is 0 Å². The van der Waals surface area contributed by atoms with Gasteiger partial charge in [-0.05, 0) is 16.5 Å². The zero-order chi connectivity index (χ0) is 11.1. The zero-order valence-electron chi connectivity index (χ0n) is 9.57. The summed E-state index contributed by atoms with van der Waals surface area (Å²) in [6, 6.07) is 8.28. The lowest BCUT2D eigenvalue weighted by atomic mass is 9.79. The lowest BCUT2D eigenvalue weighted by molar-refractivity contribution is 0.0516. The molecule has 0 heterocycles. The van der Waals surface area contributed by atoms with Gasteiger partial charge >= 0.3 is 0 Å². The fourth-order valence-corrected chi connectivity index (χ4v) is 2.09. The van der Waals surface area contributed by atoms with Crippen LogP contribution < -0.4 is 0 Å². The maximum atomic E-state index is 10.3. The van der Waals surface area contributed by atoms with Crippen molar-refractivity contribution in [2.75, 3.05) is 0 Å². The molecule has 1 heteroatoms. The Bertz CT molecular complexity index is 385. The third-order valence-electron chi connectivity index (χ3n) is 3.07. The third kappa shape index (κ3) is 1.84. The highest BCUT2D eigenvalue weighted by atomic mass is 16.3. The van der Waals surface area contributed by atoms with Crippen LogP contribution in [0.25, 0.3) is 6.08 Å². The molecule has 2 atom stereocenters. The second-order valence-corrected chi connectivity index (χ2v) is 5.32. The summed E-state index contributed by atoms with van der Waals surface area (Å²) in [4.78, 5) is 0. The van der Waals surface area contributed by atoms with Gasteiger partial charge in [0.1, 0.15) is 0 Å². The lowest BCUT2D eigenvalue weighted by Crippen LogP contribution is -2.31. The first kappa shape index (κ1) is 10.4. The van der Waals surface area contributed by atoms with E-state index in [0.29, 0.717) is 0 Å². The van der Waals surface area contributed by atoms with Crippen molar-refractivity contribution in [2.45, 2.75) is 32.8 Å². The SMILES string of the molecule is CC(C)(C)[C@@H](O)[C@@H]1C=Cc2ccccc21. The van der Waals surface area contributed by atoms with Gasteiger partial charge in [-0.15, -0.1) is 0 Å². The lowest BCUT2D eigenvalue weighted by Gasteiger charge is -2.30. The molecular formula is C14H18O. The molecule has 0 fully saturated rings. The van der Waals surface area contributed by atoms with Gasteiger partial charge in [-0.25, -0.2) is 0 Å². The number of aliphatic hydroxyl groups is 1. The molecule has 1 nitrogen and oxygen atoms in total. The summed E-state index contributed by atoms with van der Waals surface area (Å²) in [5, 5.41) is 10.3. The van der Waals surface area contributed by atoms with Crippen LogP contribution in [0.1, 0.15) is 37.8 Å². The quantitative estimate of drug-likeness (QED) is 0.741. The van der Waals surface area contributed by atoms with Crippen LogP contribution >= 0.6 is 0 Å². The van der Waals surface area contributed by atoms with Crippen LogP contribution in [0.15, 0.2) is 30.3 Å². The average Bonchev–Trinajstić information content (AvgIpc) is 2.58. The minimum atomic E-state index is -0.322. The minimum absolute atomic E-state index is 0.0769. The first-order chi connectivity index (χ1) is 7.00. The summed E-state index contributed by atoms with van der Waals surface area (Å²) in [6.07, 6.45) is 3.90. The van der Waals surface area contributed by atoms with Crippen molar-refractivity contribution in [3.05, 3.63) is 41.5 Å². The number of rotatable bonds is 1. The van der Waals surface area contributed by atoms with Crippen molar-refractivity contribution in [3.8, 4) is 0 Å². The van der Waals surface area contributed by atoms with Crippen LogP contribution in [0.3, 0.4) is 0 Å². The second-order valence-electron chi connectivity index (χ2n) is 5.32.